The molecule has 2 amide bonds. The van der Waals surface area contributed by atoms with E-state index in [1.165, 1.54) is 0 Å². The summed E-state index contributed by atoms with van der Waals surface area (Å²) in [6.45, 7) is 2.99. The number of pyridine rings is 1. The molecule has 0 spiro atoms. The molecule has 1 saturated heterocycles. The molecule has 0 aliphatic carbocycles. The van der Waals surface area contributed by atoms with Crippen molar-refractivity contribution in [1.82, 2.24) is 9.88 Å². The summed E-state index contributed by atoms with van der Waals surface area (Å²) in [5.74, 6) is 1.08. The van der Waals surface area contributed by atoms with E-state index in [-0.39, 0.29) is 17.7 Å². The van der Waals surface area contributed by atoms with Crippen molar-refractivity contribution >= 4 is 29.4 Å². The van der Waals surface area contributed by atoms with E-state index < -0.39 is 6.04 Å². The predicted octanol–water partition coefficient (Wildman–Crippen LogP) is 1.65. The number of carbonyl (C=O) groups is 2. The highest BCUT2D eigenvalue weighted by Gasteiger charge is 2.30. The number of nitrogens with two attached hydrogens (primary N) is 1. The molecule has 0 radical (unpaired) electrons. The van der Waals surface area contributed by atoms with Gasteiger partial charge >= 0.3 is 0 Å². The standard InChI is InChI=1S/C17H26N4O2S/c1-12-5-3-7-15(19-12)20-16(22)13-6-4-9-21(11-13)17(23)14(18)8-10-24-2/h3,5,7,13-14H,4,6,8-11,18H2,1-2H3,(H,19,20,22)/t13?,14-/m0/s1. The Hall–Kier alpha value is -1.60. The number of hydrogen-bond acceptors (Lipinski definition) is 5. The SMILES string of the molecule is CSCC[C@H](N)C(=O)N1CCCC(C(=O)Nc2cccc(C)n2)C1. The van der Waals surface area contributed by atoms with Gasteiger partial charge in [0.25, 0.3) is 0 Å². The maximum atomic E-state index is 12.5. The first-order valence-corrected chi connectivity index (χ1v) is 9.68. The van der Waals surface area contributed by atoms with Crippen molar-refractivity contribution in [3.05, 3.63) is 23.9 Å². The average molecular weight is 350 g/mol. The van der Waals surface area contributed by atoms with E-state index in [0.29, 0.717) is 25.3 Å². The molecule has 0 aromatic carbocycles. The molecule has 1 unspecified atom stereocenters. The second-order valence-electron chi connectivity index (χ2n) is 6.16. The van der Waals surface area contributed by atoms with Gasteiger partial charge in [-0.2, -0.15) is 11.8 Å². The second kappa shape index (κ2) is 9.03. The number of thioether (sulfide) groups is 1. The van der Waals surface area contributed by atoms with Crippen LogP contribution in [0, 0.1) is 12.8 Å². The number of nitrogens with zero attached hydrogens (tertiary/aromatic N) is 2. The third-order valence-corrected chi connectivity index (χ3v) is 4.84. The fourth-order valence-electron chi connectivity index (χ4n) is 2.84. The van der Waals surface area contributed by atoms with E-state index in [1.54, 1.807) is 22.7 Å². The molecule has 2 rings (SSSR count). The van der Waals surface area contributed by atoms with Gasteiger partial charge in [-0.25, -0.2) is 4.98 Å². The summed E-state index contributed by atoms with van der Waals surface area (Å²) in [5, 5.41) is 2.85. The summed E-state index contributed by atoms with van der Waals surface area (Å²) < 4.78 is 0. The third kappa shape index (κ3) is 5.21. The third-order valence-electron chi connectivity index (χ3n) is 4.19. The fourth-order valence-corrected chi connectivity index (χ4v) is 3.32. The normalized spacial score (nSPS) is 19.0. The Labute approximate surface area is 147 Å². The van der Waals surface area contributed by atoms with Crippen molar-refractivity contribution in [3.63, 3.8) is 0 Å². The molecule has 1 aromatic heterocycles. The average Bonchev–Trinajstić information content (AvgIpc) is 2.59. The molecule has 0 bridgehead atoms. The van der Waals surface area contributed by atoms with Gasteiger partial charge in [0.2, 0.25) is 11.8 Å². The highest BCUT2D eigenvalue weighted by molar-refractivity contribution is 7.98. The zero-order chi connectivity index (χ0) is 17.5. The van der Waals surface area contributed by atoms with Crippen LogP contribution in [-0.2, 0) is 9.59 Å². The Kier molecular flexibility index (Phi) is 7.05. The maximum Gasteiger partial charge on any atom is 0.239 e. The molecule has 6 nitrogen and oxygen atoms in total. The first kappa shape index (κ1) is 18.7. The van der Waals surface area contributed by atoms with Gasteiger partial charge in [0.1, 0.15) is 5.82 Å². The van der Waals surface area contributed by atoms with Crippen molar-refractivity contribution < 1.29 is 9.59 Å². The lowest BCUT2D eigenvalue weighted by molar-refractivity contribution is -0.135. The van der Waals surface area contributed by atoms with Crippen LogP contribution in [0.15, 0.2) is 18.2 Å². The molecule has 24 heavy (non-hydrogen) atoms. The lowest BCUT2D eigenvalue weighted by atomic mass is 9.96. The van der Waals surface area contributed by atoms with Crippen LogP contribution in [0.4, 0.5) is 5.82 Å². The number of carbonyl (C=O) groups excluding carboxylic acids is 2. The van der Waals surface area contributed by atoms with Gasteiger partial charge in [-0.05, 0) is 50.3 Å². The van der Waals surface area contributed by atoms with Crippen molar-refractivity contribution in [3.8, 4) is 0 Å². The molecule has 3 N–H and O–H groups in total. The maximum absolute atomic E-state index is 12.5. The van der Waals surface area contributed by atoms with Crippen LogP contribution in [0.1, 0.15) is 25.0 Å². The van der Waals surface area contributed by atoms with Gasteiger partial charge < -0.3 is 16.0 Å². The number of amides is 2. The van der Waals surface area contributed by atoms with Crippen LogP contribution in [0.2, 0.25) is 0 Å². The summed E-state index contributed by atoms with van der Waals surface area (Å²) in [4.78, 5) is 30.9. The number of rotatable bonds is 6. The lowest BCUT2D eigenvalue weighted by Crippen LogP contribution is -2.50. The van der Waals surface area contributed by atoms with Crippen molar-refractivity contribution in [1.29, 1.82) is 0 Å². The molecule has 7 heteroatoms. The topological polar surface area (TPSA) is 88.3 Å². The van der Waals surface area contributed by atoms with E-state index in [4.69, 9.17) is 5.73 Å². The minimum atomic E-state index is -0.474. The Bertz CT molecular complexity index is 581. The summed E-state index contributed by atoms with van der Waals surface area (Å²) in [5.41, 5.74) is 6.84. The molecule has 2 heterocycles. The summed E-state index contributed by atoms with van der Waals surface area (Å²) in [7, 11) is 0. The van der Waals surface area contributed by atoms with Gasteiger partial charge in [-0.3, -0.25) is 9.59 Å². The van der Waals surface area contributed by atoms with E-state index in [1.807, 2.05) is 25.3 Å². The molecule has 1 aliphatic rings. The molecule has 1 fully saturated rings. The fraction of sp³-hybridized carbons (Fsp3) is 0.588. The van der Waals surface area contributed by atoms with Crippen LogP contribution in [0.25, 0.3) is 0 Å². The second-order valence-corrected chi connectivity index (χ2v) is 7.15. The van der Waals surface area contributed by atoms with Crippen LogP contribution < -0.4 is 11.1 Å². The summed E-state index contributed by atoms with van der Waals surface area (Å²) in [6, 6.07) is 5.04. The summed E-state index contributed by atoms with van der Waals surface area (Å²) in [6.07, 6.45) is 4.26. The van der Waals surface area contributed by atoms with Gasteiger partial charge in [0, 0.05) is 18.8 Å². The Balaban J connectivity index is 1.92. The first-order chi connectivity index (χ1) is 11.5. The van der Waals surface area contributed by atoms with E-state index in [9.17, 15) is 9.59 Å². The van der Waals surface area contributed by atoms with E-state index in [2.05, 4.69) is 10.3 Å². The van der Waals surface area contributed by atoms with Crippen molar-refractivity contribution in [2.45, 2.75) is 32.2 Å². The van der Waals surface area contributed by atoms with E-state index in [0.717, 1.165) is 24.3 Å². The van der Waals surface area contributed by atoms with Crippen LogP contribution in [0.3, 0.4) is 0 Å². The predicted molar refractivity (Wildman–Crippen MR) is 97.9 cm³/mol. The number of aryl methyl sites for hydroxylation is 1. The van der Waals surface area contributed by atoms with Gasteiger partial charge in [0.15, 0.2) is 0 Å². The minimum absolute atomic E-state index is 0.0461. The van der Waals surface area contributed by atoms with Crippen LogP contribution >= 0.6 is 11.8 Å². The molecular formula is C17H26N4O2S. The Morgan fingerprint density at radius 3 is 3.00 bits per heavy atom. The molecule has 2 atom stereocenters. The smallest absolute Gasteiger partial charge is 0.239 e. The van der Waals surface area contributed by atoms with Gasteiger partial charge in [-0.15, -0.1) is 0 Å². The Morgan fingerprint density at radius 2 is 2.29 bits per heavy atom. The highest BCUT2D eigenvalue weighted by Crippen LogP contribution is 2.19. The first-order valence-electron chi connectivity index (χ1n) is 8.29. The summed E-state index contributed by atoms with van der Waals surface area (Å²) >= 11 is 1.68. The number of piperidine rings is 1. The van der Waals surface area contributed by atoms with Crippen LogP contribution in [0.5, 0.6) is 0 Å². The zero-order valence-corrected chi connectivity index (χ0v) is 15.1. The minimum Gasteiger partial charge on any atom is -0.341 e. The van der Waals surface area contributed by atoms with Crippen molar-refractivity contribution in [2.24, 2.45) is 11.7 Å². The molecule has 1 aromatic rings. The van der Waals surface area contributed by atoms with Crippen molar-refractivity contribution in [2.75, 3.05) is 30.4 Å². The quantitative estimate of drug-likeness (QED) is 0.814. The largest absolute Gasteiger partial charge is 0.341 e. The monoisotopic (exact) mass is 350 g/mol. The molecule has 132 valence electrons. The number of aromatic nitrogens is 1. The molecular weight excluding hydrogens is 324 g/mol. The number of likely N-dealkylation sites (tertiary alicyclic amines) is 1. The number of nitrogens with one attached hydrogen (secondary N) is 1. The van der Waals surface area contributed by atoms with Gasteiger partial charge in [-0.1, -0.05) is 6.07 Å². The Morgan fingerprint density at radius 1 is 1.50 bits per heavy atom. The molecule has 1 aliphatic heterocycles. The lowest BCUT2D eigenvalue weighted by Gasteiger charge is -2.33. The van der Waals surface area contributed by atoms with Gasteiger partial charge in [0.05, 0.1) is 12.0 Å². The molecule has 0 saturated carbocycles. The van der Waals surface area contributed by atoms with Crippen LogP contribution in [-0.4, -0.2) is 52.8 Å². The zero-order valence-electron chi connectivity index (χ0n) is 14.3. The van der Waals surface area contributed by atoms with E-state index >= 15 is 0 Å². The number of anilines is 1. The number of hydrogen-bond donors (Lipinski definition) is 2. The highest BCUT2D eigenvalue weighted by atomic mass is 32.2.